The Kier molecular flexibility index (Phi) is 6.93. The lowest BCUT2D eigenvalue weighted by molar-refractivity contribution is -0.138. The first-order valence-corrected chi connectivity index (χ1v) is 10.4. The Morgan fingerprint density at radius 2 is 1.58 bits per heavy atom. The third kappa shape index (κ3) is 6.00. The van der Waals surface area contributed by atoms with Crippen LogP contribution in [0.3, 0.4) is 0 Å². The molecule has 0 N–H and O–H groups in total. The lowest BCUT2D eigenvalue weighted by atomic mass is 10.1. The Morgan fingerprint density at radius 3 is 2.19 bits per heavy atom. The summed E-state index contributed by atoms with van der Waals surface area (Å²) in [4.78, 5) is 5.29. The van der Waals surface area contributed by atoms with Gasteiger partial charge in [-0.2, -0.15) is 26.3 Å². The Bertz CT molecular complexity index is 1010. The van der Waals surface area contributed by atoms with Crippen LogP contribution in [0.25, 0.3) is 10.6 Å². The Morgan fingerprint density at radius 1 is 0.903 bits per heavy atom. The molecule has 0 bridgehead atoms. The van der Waals surface area contributed by atoms with Crippen LogP contribution in [0.2, 0.25) is 0 Å². The molecule has 0 atom stereocenters. The van der Waals surface area contributed by atoms with Crippen molar-refractivity contribution in [3.63, 3.8) is 0 Å². The second-order valence-corrected chi connectivity index (χ2v) is 7.97. The van der Waals surface area contributed by atoms with Gasteiger partial charge in [-0.3, -0.25) is 0 Å². The van der Waals surface area contributed by atoms with Crippen molar-refractivity contribution >= 4 is 11.3 Å². The van der Waals surface area contributed by atoms with Crippen LogP contribution in [0.5, 0.6) is 5.75 Å². The highest BCUT2D eigenvalue weighted by molar-refractivity contribution is 7.15. The average Bonchev–Trinajstić information content (AvgIpc) is 3.13. The van der Waals surface area contributed by atoms with Crippen molar-refractivity contribution in [3.05, 3.63) is 70.2 Å². The van der Waals surface area contributed by atoms with Crippen LogP contribution >= 0.6 is 11.3 Å². The normalized spacial score (nSPS) is 12.2. The topological polar surface area (TPSA) is 22.1 Å². The number of hydrogen-bond acceptors (Lipinski definition) is 3. The van der Waals surface area contributed by atoms with Crippen LogP contribution in [-0.2, 0) is 25.4 Å². The lowest BCUT2D eigenvalue weighted by Gasteiger charge is -2.10. The van der Waals surface area contributed by atoms with Crippen molar-refractivity contribution in [2.75, 3.05) is 0 Å². The zero-order chi connectivity index (χ0) is 22.6. The standard InChI is InChI=1S/C22H19F6NOS/c1-2-3-7-18-19(13-30-17-6-4-5-16(12-17)22(26,27)28)31-20(29-18)14-8-10-15(11-9-14)21(23,24)25/h4-6,8-12H,2-3,7,13H2,1H3. The van der Waals surface area contributed by atoms with Crippen molar-refractivity contribution in [3.8, 4) is 16.3 Å². The van der Waals surface area contributed by atoms with Gasteiger partial charge in [-0.15, -0.1) is 11.3 Å². The minimum Gasteiger partial charge on any atom is -0.488 e. The number of rotatable bonds is 7. The van der Waals surface area contributed by atoms with E-state index in [1.165, 1.54) is 35.6 Å². The van der Waals surface area contributed by atoms with E-state index >= 15 is 0 Å². The molecule has 0 saturated carbocycles. The maximum Gasteiger partial charge on any atom is 0.416 e. The summed E-state index contributed by atoms with van der Waals surface area (Å²) in [6, 6.07) is 9.35. The molecule has 2 nitrogen and oxygen atoms in total. The van der Waals surface area contributed by atoms with Crippen molar-refractivity contribution in [2.45, 2.75) is 45.1 Å². The molecular formula is C22H19F6NOS. The summed E-state index contributed by atoms with van der Waals surface area (Å²) in [6.45, 7) is 2.04. The van der Waals surface area contributed by atoms with Crippen molar-refractivity contribution in [1.82, 2.24) is 4.98 Å². The van der Waals surface area contributed by atoms with Gasteiger partial charge in [0.15, 0.2) is 0 Å². The monoisotopic (exact) mass is 459 g/mol. The fourth-order valence-corrected chi connectivity index (χ4v) is 3.90. The first kappa shape index (κ1) is 23.1. The van der Waals surface area contributed by atoms with E-state index in [2.05, 4.69) is 4.98 Å². The number of aryl methyl sites for hydroxylation is 1. The van der Waals surface area contributed by atoms with E-state index in [9.17, 15) is 26.3 Å². The first-order valence-electron chi connectivity index (χ1n) is 9.54. The summed E-state index contributed by atoms with van der Waals surface area (Å²) in [7, 11) is 0. The second kappa shape index (κ2) is 9.30. The highest BCUT2D eigenvalue weighted by Crippen LogP contribution is 2.35. The molecule has 0 aliphatic rings. The number of alkyl halides is 6. The molecule has 1 heterocycles. The van der Waals surface area contributed by atoms with Gasteiger partial charge in [-0.25, -0.2) is 4.98 Å². The predicted molar refractivity (Wildman–Crippen MR) is 107 cm³/mol. The molecule has 2 aromatic carbocycles. The van der Waals surface area contributed by atoms with Gasteiger partial charge in [0.1, 0.15) is 17.4 Å². The zero-order valence-corrected chi connectivity index (χ0v) is 17.3. The third-order valence-corrected chi connectivity index (χ3v) is 5.66. The molecule has 9 heteroatoms. The largest absolute Gasteiger partial charge is 0.488 e. The molecule has 0 aliphatic heterocycles. The van der Waals surface area contributed by atoms with Crippen LogP contribution in [-0.4, -0.2) is 4.98 Å². The molecule has 0 fully saturated rings. The van der Waals surface area contributed by atoms with Gasteiger partial charge in [-0.05, 0) is 43.2 Å². The summed E-state index contributed by atoms with van der Waals surface area (Å²) in [5.74, 6) is 0.0840. The van der Waals surface area contributed by atoms with Crippen LogP contribution in [0.1, 0.15) is 41.5 Å². The van der Waals surface area contributed by atoms with Crippen LogP contribution < -0.4 is 4.74 Å². The van der Waals surface area contributed by atoms with Gasteiger partial charge in [-0.1, -0.05) is 31.5 Å². The summed E-state index contributed by atoms with van der Waals surface area (Å²) in [5.41, 5.74) is -0.257. The number of thiazole rings is 1. The van der Waals surface area contributed by atoms with Gasteiger partial charge in [0.05, 0.1) is 21.7 Å². The number of aromatic nitrogens is 1. The molecule has 31 heavy (non-hydrogen) atoms. The Balaban J connectivity index is 1.82. The van der Waals surface area contributed by atoms with E-state index in [1.807, 2.05) is 6.92 Å². The van der Waals surface area contributed by atoms with Gasteiger partial charge >= 0.3 is 12.4 Å². The minimum atomic E-state index is -4.47. The molecule has 3 aromatic rings. The highest BCUT2D eigenvalue weighted by atomic mass is 32.1. The maximum atomic E-state index is 12.9. The van der Waals surface area contributed by atoms with Crippen molar-refractivity contribution in [2.24, 2.45) is 0 Å². The van der Waals surface area contributed by atoms with E-state index in [0.717, 1.165) is 47.7 Å². The van der Waals surface area contributed by atoms with E-state index in [1.54, 1.807) is 0 Å². The third-order valence-electron chi connectivity index (χ3n) is 4.54. The van der Waals surface area contributed by atoms with Crippen LogP contribution in [0.4, 0.5) is 26.3 Å². The summed E-state index contributed by atoms with van der Waals surface area (Å²) in [6.07, 6.45) is -6.47. The van der Waals surface area contributed by atoms with Crippen molar-refractivity contribution < 1.29 is 31.1 Å². The maximum absolute atomic E-state index is 12.9. The molecule has 1 aromatic heterocycles. The Hall–Kier alpha value is -2.55. The average molecular weight is 459 g/mol. The van der Waals surface area contributed by atoms with Gasteiger partial charge < -0.3 is 4.74 Å². The Labute approximate surface area is 179 Å². The number of hydrogen-bond donors (Lipinski definition) is 0. The summed E-state index contributed by atoms with van der Waals surface area (Å²) < 4.78 is 82.6. The van der Waals surface area contributed by atoms with E-state index in [-0.39, 0.29) is 12.4 Å². The molecule has 0 saturated heterocycles. The quantitative estimate of drug-likeness (QED) is 0.337. The smallest absolute Gasteiger partial charge is 0.416 e. The van der Waals surface area contributed by atoms with Crippen LogP contribution in [0, 0.1) is 0 Å². The number of benzene rings is 2. The molecule has 166 valence electrons. The fraction of sp³-hybridized carbons (Fsp3) is 0.318. The molecule has 0 aliphatic carbocycles. The molecular weight excluding hydrogens is 440 g/mol. The molecule has 3 rings (SSSR count). The summed E-state index contributed by atoms with van der Waals surface area (Å²) in [5, 5.41) is 0.544. The second-order valence-electron chi connectivity index (χ2n) is 6.88. The SMILES string of the molecule is CCCCc1nc(-c2ccc(C(F)(F)F)cc2)sc1COc1cccc(C(F)(F)F)c1. The lowest BCUT2D eigenvalue weighted by Crippen LogP contribution is -2.05. The zero-order valence-electron chi connectivity index (χ0n) is 16.5. The fourth-order valence-electron chi connectivity index (χ4n) is 2.87. The predicted octanol–water partition coefficient (Wildman–Crippen LogP) is 7.77. The number of nitrogens with zero attached hydrogens (tertiary/aromatic N) is 1. The van der Waals surface area contributed by atoms with Gasteiger partial charge in [0.25, 0.3) is 0 Å². The minimum absolute atomic E-state index is 0.0264. The van der Waals surface area contributed by atoms with E-state index in [4.69, 9.17) is 4.74 Å². The molecule has 0 spiro atoms. The molecule has 0 unspecified atom stereocenters. The number of unbranched alkanes of at least 4 members (excludes halogenated alkanes) is 1. The van der Waals surface area contributed by atoms with Gasteiger partial charge in [0.2, 0.25) is 0 Å². The van der Waals surface area contributed by atoms with E-state index in [0.29, 0.717) is 17.0 Å². The van der Waals surface area contributed by atoms with E-state index < -0.39 is 23.5 Å². The van der Waals surface area contributed by atoms with Crippen LogP contribution in [0.15, 0.2) is 48.5 Å². The first-order chi connectivity index (χ1) is 14.6. The number of halogens is 6. The van der Waals surface area contributed by atoms with Gasteiger partial charge in [0, 0.05) is 5.56 Å². The molecule has 0 amide bonds. The molecule has 0 radical (unpaired) electrons. The summed E-state index contributed by atoms with van der Waals surface area (Å²) >= 11 is 1.27. The highest BCUT2D eigenvalue weighted by Gasteiger charge is 2.31. The number of ether oxygens (including phenoxy) is 1. The van der Waals surface area contributed by atoms with Crippen molar-refractivity contribution in [1.29, 1.82) is 0 Å².